The second-order valence-electron chi connectivity index (χ2n) is 5.96. The van der Waals surface area contributed by atoms with Gasteiger partial charge in [-0.1, -0.05) is 26.0 Å². The summed E-state index contributed by atoms with van der Waals surface area (Å²) < 4.78 is 26.7. The van der Waals surface area contributed by atoms with Gasteiger partial charge in [0, 0.05) is 19.1 Å². The number of rotatable bonds is 8. The van der Waals surface area contributed by atoms with Crippen LogP contribution in [0, 0.1) is 0 Å². The van der Waals surface area contributed by atoms with Gasteiger partial charge in [-0.2, -0.15) is 4.31 Å². The predicted octanol–water partition coefficient (Wildman–Crippen LogP) is 3.00. The second-order valence-corrected chi connectivity index (χ2v) is 7.93. The number of benzene rings is 1. The molecule has 0 saturated heterocycles. The minimum absolute atomic E-state index is 0.353. The van der Waals surface area contributed by atoms with Crippen molar-refractivity contribution in [2.45, 2.75) is 57.5 Å². The summed E-state index contributed by atoms with van der Waals surface area (Å²) in [5.74, 6) is 0. The van der Waals surface area contributed by atoms with Crippen molar-refractivity contribution in [1.82, 2.24) is 9.62 Å². The van der Waals surface area contributed by atoms with E-state index in [1.165, 1.54) is 4.31 Å². The van der Waals surface area contributed by atoms with Crippen molar-refractivity contribution in [3.8, 4) is 0 Å². The van der Waals surface area contributed by atoms with Crippen molar-refractivity contribution in [2.75, 3.05) is 13.6 Å². The smallest absolute Gasteiger partial charge is 0.243 e. The maximum Gasteiger partial charge on any atom is 0.243 e. The van der Waals surface area contributed by atoms with Crippen LogP contribution in [0.2, 0.25) is 0 Å². The molecule has 0 unspecified atom stereocenters. The van der Waals surface area contributed by atoms with E-state index in [4.69, 9.17) is 0 Å². The van der Waals surface area contributed by atoms with Crippen LogP contribution in [0.3, 0.4) is 0 Å². The molecule has 4 nitrogen and oxygen atoms in total. The first-order valence-corrected chi connectivity index (χ1v) is 8.98. The van der Waals surface area contributed by atoms with Crippen LogP contribution in [0.15, 0.2) is 29.2 Å². The molecular weight excluding hydrogens is 284 g/mol. The van der Waals surface area contributed by atoms with Crippen molar-refractivity contribution in [3.05, 3.63) is 29.8 Å². The largest absolute Gasteiger partial charge is 0.313 e. The lowest BCUT2D eigenvalue weighted by atomic mass is 10.0. The van der Waals surface area contributed by atoms with Gasteiger partial charge in [-0.3, -0.25) is 0 Å². The van der Waals surface area contributed by atoms with Gasteiger partial charge in [0.1, 0.15) is 0 Å². The fourth-order valence-corrected chi connectivity index (χ4v) is 3.47. The Bertz CT molecular complexity index is 536. The van der Waals surface area contributed by atoms with Crippen molar-refractivity contribution in [3.63, 3.8) is 0 Å². The van der Waals surface area contributed by atoms with Crippen LogP contribution in [0.4, 0.5) is 0 Å². The van der Waals surface area contributed by atoms with Gasteiger partial charge in [-0.15, -0.1) is 0 Å². The summed E-state index contributed by atoms with van der Waals surface area (Å²) in [5.41, 5.74) is 0.708. The standard InChI is InChI=1S/C16H28N2O2S/c1-6-12-17-13-14-8-10-15(11-9-14)21(19,20)18(5)16(3,4)7-2/h8-11,17H,6-7,12-13H2,1-5H3. The molecular formula is C16H28N2O2S. The molecule has 0 amide bonds. The zero-order valence-corrected chi connectivity index (χ0v) is 14.6. The van der Waals surface area contributed by atoms with Crippen LogP contribution in [0.5, 0.6) is 0 Å². The van der Waals surface area contributed by atoms with E-state index >= 15 is 0 Å². The topological polar surface area (TPSA) is 49.4 Å². The molecule has 1 rings (SSSR count). The monoisotopic (exact) mass is 312 g/mol. The quantitative estimate of drug-likeness (QED) is 0.751. The Morgan fingerprint density at radius 1 is 1.14 bits per heavy atom. The molecule has 120 valence electrons. The summed E-state index contributed by atoms with van der Waals surface area (Å²) in [6.45, 7) is 9.72. The highest BCUT2D eigenvalue weighted by Crippen LogP contribution is 2.25. The third-order valence-corrected chi connectivity index (χ3v) is 6.14. The van der Waals surface area contributed by atoms with E-state index in [1.54, 1.807) is 19.2 Å². The van der Waals surface area contributed by atoms with E-state index in [0.717, 1.165) is 31.5 Å². The molecule has 1 aromatic carbocycles. The lowest BCUT2D eigenvalue weighted by Gasteiger charge is -2.33. The fourth-order valence-electron chi connectivity index (χ4n) is 1.89. The van der Waals surface area contributed by atoms with Crippen LogP contribution in [0.1, 0.15) is 46.1 Å². The summed E-state index contributed by atoms with van der Waals surface area (Å²) in [6.07, 6.45) is 1.85. The van der Waals surface area contributed by atoms with E-state index in [0.29, 0.717) is 4.90 Å². The molecule has 1 aromatic rings. The van der Waals surface area contributed by atoms with Crippen LogP contribution < -0.4 is 5.32 Å². The summed E-state index contributed by atoms with van der Waals surface area (Å²) in [7, 11) is -1.79. The number of sulfonamides is 1. The third kappa shape index (κ3) is 4.53. The molecule has 0 radical (unpaired) electrons. The highest BCUT2D eigenvalue weighted by molar-refractivity contribution is 7.89. The predicted molar refractivity (Wildman–Crippen MR) is 87.8 cm³/mol. The van der Waals surface area contributed by atoms with Gasteiger partial charge in [0.25, 0.3) is 0 Å². The summed E-state index contributed by atoms with van der Waals surface area (Å²) in [4.78, 5) is 0.353. The highest BCUT2D eigenvalue weighted by Gasteiger charge is 2.32. The van der Waals surface area contributed by atoms with Crippen LogP contribution in [-0.4, -0.2) is 31.9 Å². The van der Waals surface area contributed by atoms with Crippen LogP contribution in [0.25, 0.3) is 0 Å². The minimum atomic E-state index is -3.44. The lowest BCUT2D eigenvalue weighted by Crippen LogP contribution is -2.44. The Kier molecular flexibility index (Phi) is 6.38. The molecule has 0 bridgehead atoms. The van der Waals surface area contributed by atoms with Crippen molar-refractivity contribution >= 4 is 10.0 Å². The molecule has 21 heavy (non-hydrogen) atoms. The molecule has 5 heteroatoms. The Hall–Kier alpha value is -0.910. The van der Waals surface area contributed by atoms with Gasteiger partial charge in [-0.05, 0) is 50.9 Å². The summed E-state index contributed by atoms with van der Waals surface area (Å²) in [6, 6.07) is 7.14. The number of nitrogens with zero attached hydrogens (tertiary/aromatic N) is 1. The summed E-state index contributed by atoms with van der Waals surface area (Å²) >= 11 is 0. The van der Waals surface area contributed by atoms with Gasteiger partial charge in [0.05, 0.1) is 4.90 Å². The first-order valence-electron chi connectivity index (χ1n) is 7.54. The van der Waals surface area contributed by atoms with Crippen molar-refractivity contribution in [2.24, 2.45) is 0 Å². The molecule has 1 N–H and O–H groups in total. The fraction of sp³-hybridized carbons (Fsp3) is 0.625. The second kappa shape index (κ2) is 7.38. The lowest BCUT2D eigenvalue weighted by molar-refractivity contribution is 0.257. The number of hydrogen-bond donors (Lipinski definition) is 1. The van der Waals surface area contributed by atoms with Crippen LogP contribution in [-0.2, 0) is 16.6 Å². The molecule has 0 atom stereocenters. The maximum atomic E-state index is 12.6. The SMILES string of the molecule is CCCNCc1ccc(S(=O)(=O)N(C)C(C)(C)CC)cc1. The van der Waals surface area contributed by atoms with E-state index in [2.05, 4.69) is 12.2 Å². The van der Waals surface area contributed by atoms with Gasteiger partial charge < -0.3 is 5.32 Å². The zero-order chi connectivity index (χ0) is 16.1. The molecule has 0 aromatic heterocycles. The number of nitrogens with one attached hydrogen (secondary N) is 1. The first-order chi connectivity index (χ1) is 9.75. The van der Waals surface area contributed by atoms with E-state index in [9.17, 15) is 8.42 Å². The van der Waals surface area contributed by atoms with Crippen LogP contribution >= 0.6 is 0 Å². The van der Waals surface area contributed by atoms with Crippen molar-refractivity contribution in [1.29, 1.82) is 0 Å². The van der Waals surface area contributed by atoms with Gasteiger partial charge in [-0.25, -0.2) is 8.42 Å². The normalized spacial score (nSPS) is 12.9. The number of hydrogen-bond acceptors (Lipinski definition) is 3. The molecule has 0 heterocycles. The Balaban J connectivity index is 2.90. The Morgan fingerprint density at radius 3 is 2.19 bits per heavy atom. The Morgan fingerprint density at radius 2 is 1.71 bits per heavy atom. The van der Waals surface area contributed by atoms with Gasteiger partial charge in [0.15, 0.2) is 0 Å². The highest BCUT2D eigenvalue weighted by atomic mass is 32.2. The molecule has 0 fully saturated rings. The van der Waals surface area contributed by atoms with Gasteiger partial charge >= 0.3 is 0 Å². The van der Waals surface area contributed by atoms with Gasteiger partial charge in [0.2, 0.25) is 10.0 Å². The maximum absolute atomic E-state index is 12.6. The molecule has 0 saturated carbocycles. The average molecular weight is 312 g/mol. The van der Waals surface area contributed by atoms with E-state index in [-0.39, 0.29) is 5.54 Å². The van der Waals surface area contributed by atoms with Crippen molar-refractivity contribution < 1.29 is 8.42 Å². The van der Waals surface area contributed by atoms with E-state index < -0.39 is 10.0 Å². The third-order valence-electron chi connectivity index (χ3n) is 4.06. The minimum Gasteiger partial charge on any atom is -0.313 e. The van der Waals surface area contributed by atoms with E-state index in [1.807, 2.05) is 32.9 Å². The first kappa shape index (κ1) is 18.1. The molecule has 0 aliphatic carbocycles. The summed E-state index contributed by atoms with van der Waals surface area (Å²) in [5, 5.41) is 3.31. The Labute approximate surface area is 129 Å². The molecule has 0 spiro atoms. The molecule has 0 aliphatic rings. The molecule has 0 aliphatic heterocycles. The zero-order valence-electron chi connectivity index (χ0n) is 13.8. The average Bonchev–Trinajstić information content (AvgIpc) is 2.47.